The van der Waals surface area contributed by atoms with Crippen molar-refractivity contribution < 1.29 is 9.59 Å². The van der Waals surface area contributed by atoms with Crippen molar-refractivity contribution >= 4 is 23.2 Å². The number of anilines is 2. The summed E-state index contributed by atoms with van der Waals surface area (Å²) in [5.41, 5.74) is 7.56. The second-order valence-corrected chi connectivity index (χ2v) is 6.22. The largest absolute Gasteiger partial charge is 0.379 e. The first-order valence-electron chi connectivity index (χ1n) is 7.90. The van der Waals surface area contributed by atoms with Crippen LogP contribution in [0.5, 0.6) is 0 Å². The molecule has 0 saturated carbocycles. The van der Waals surface area contributed by atoms with Crippen LogP contribution in [0.1, 0.15) is 34.7 Å². The number of nitrogens with two attached hydrogens (primary N) is 1. The maximum atomic E-state index is 13.0. The third kappa shape index (κ3) is 2.95. The summed E-state index contributed by atoms with van der Waals surface area (Å²) in [4.78, 5) is 29.8. The van der Waals surface area contributed by atoms with E-state index in [2.05, 4.69) is 24.1 Å². The fourth-order valence-electron chi connectivity index (χ4n) is 2.76. The van der Waals surface area contributed by atoms with Gasteiger partial charge in [0.1, 0.15) is 5.69 Å². The molecule has 1 unspecified atom stereocenters. The number of amides is 2. The summed E-state index contributed by atoms with van der Waals surface area (Å²) in [7, 11) is 0. The summed E-state index contributed by atoms with van der Waals surface area (Å²) >= 11 is 0. The highest BCUT2D eigenvalue weighted by Gasteiger charge is 2.30. The highest BCUT2D eigenvalue weighted by molar-refractivity contribution is 6.08. The monoisotopic (exact) mass is 324 g/mol. The lowest BCUT2D eigenvalue weighted by Crippen LogP contribution is -2.47. The van der Waals surface area contributed by atoms with Crippen LogP contribution in [0.2, 0.25) is 0 Å². The fourth-order valence-corrected chi connectivity index (χ4v) is 2.76. The van der Waals surface area contributed by atoms with Gasteiger partial charge in [0.15, 0.2) is 0 Å². The zero-order valence-corrected chi connectivity index (χ0v) is 13.7. The van der Waals surface area contributed by atoms with Gasteiger partial charge in [-0.15, -0.1) is 0 Å². The minimum Gasteiger partial charge on any atom is -0.379 e. The lowest BCUT2D eigenvalue weighted by Gasteiger charge is -2.37. The van der Waals surface area contributed by atoms with Gasteiger partial charge in [-0.3, -0.25) is 14.6 Å². The molecule has 2 amide bonds. The molecule has 24 heavy (non-hydrogen) atoms. The minimum atomic E-state index is -0.610. The summed E-state index contributed by atoms with van der Waals surface area (Å²) in [6.07, 6.45) is 1.40. The van der Waals surface area contributed by atoms with Gasteiger partial charge in [0.2, 0.25) is 0 Å². The average Bonchev–Trinajstić information content (AvgIpc) is 2.60. The van der Waals surface area contributed by atoms with E-state index in [4.69, 9.17) is 5.73 Å². The number of hydrogen-bond acceptors (Lipinski definition) is 4. The molecule has 0 spiro atoms. The Balaban J connectivity index is 1.94. The van der Waals surface area contributed by atoms with E-state index in [-0.39, 0.29) is 17.6 Å². The first kappa shape index (κ1) is 16.0. The van der Waals surface area contributed by atoms with Crippen molar-refractivity contribution in [3.63, 3.8) is 0 Å². The van der Waals surface area contributed by atoms with E-state index < -0.39 is 5.91 Å². The number of nitrogens with zero attached hydrogens (tertiary/aromatic N) is 2. The molecule has 0 bridgehead atoms. The van der Waals surface area contributed by atoms with Crippen molar-refractivity contribution in [2.24, 2.45) is 11.7 Å². The molecular weight excluding hydrogens is 304 g/mol. The SMILES string of the molecule is CC(C)C1CN(C(=O)c2ccc(C(N)=O)nc2)c2ccccc2N1. The van der Waals surface area contributed by atoms with Gasteiger partial charge in [-0.05, 0) is 30.2 Å². The summed E-state index contributed by atoms with van der Waals surface area (Å²) in [6, 6.07) is 11.0. The summed E-state index contributed by atoms with van der Waals surface area (Å²) in [5, 5.41) is 3.49. The first-order chi connectivity index (χ1) is 11.5. The van der Waals surface area contributed by atoms with Crippen LogP contribution in [0.25, 0.3) is 0 Å². The summed E-state index contributed by atoms with van der Waals surface area (Å²) in [5.74, 6) is -0.372. The van der Waals surface area contributed by atoms with Crippen molar-refractivity contribution in [1.29, 1.82) is 0 Å². The van der Waals surface area contributed by atoms with Gasteiger partial charge in [0.05, 0.1) is 16.9 Å². The number of aromatic nitrogens is 1. The normalized spacial score (nSPS) is 16.5. The predicted octanol–water partition coefficient (Wildman–Crippen LogP) is 2.28. The topological polar surface area (TPSA) is 88.3 Å². The Morgan fingerprint density at radius 1 is 1.25 bits per heavy atom. The van der Waals surface area contributed by atoms with E-state index in [9.17, 15) is 9.59 Å². The number of carbonyl (C=O) groups excluding carboxylic acids is 2. The van der Waals surface area contributed by atoms with Crippen LogP contribution >= 0.6 is 0 Å². The number of pyridine rings is 1. The Kier molecular flexibility index (Phi) is 4.20. The molecular formula is C18H20N4O2. The minimum absolute atomic E-state index is 0.141. The highest BCUT2D eigenvalue weighted by Crippen LogP contribution is 2.33. The van der Waals surface area contributed by atoms with Gasteiger partial charge < -0.3 is 16.0 Å². The lowest BCUT2D eigenvalue weighted by atomic mass is 9.99. The zero-order chi connectivity index (χ0) is 17.3. The zero-order valence-electron chi connectivity index (χ0n) is 13.7. The van der Waals surface area contributed by atoms with Crippen molar-refractivity contribution in [3.05, 3.63) is 53.9 Å². The third-order valence-corrected chi connectivity index (χ3v) is 4.23. The molecule has 1 aliphatic heterocycles. The molecule has 0 radical (unpaired) electrons. The number of benzene rings is 1. The predicted molar refractivity (Wildman–Crippen MR) is 93.1 cm³/mol. The van der Waals surface area contributed by atoms with Gasteiger partial charge in [0, 0.05) is 18.8 Å². The van der Waals surface area contributed by atoms with Gasteiger partial charge in [-0.25, -0.2) is 0 Å². The second-order valence-electron chi connectivity index (χ2n) is 6.22. The van der Waals surface area contributed by atoms with Crippen LogP contribution in [0.4, 0.5) is 11.4 Å². The molecule has 1 aromatic heterocycles. The van der Waals surface area contributed by atoms with E-state index in [1.54, 1.807) is 11.0 Å². The Bertz CT molecular complexity index is 771. The molecule has 2 heterocycles. The smallest absolute Gasteiger partial charge is 0.267 e. The van der Waals surface area contributed by atoms with Gasteiger partial charge in [0.25, 0.3) is 11.8 Å². The standard InChI is InChI=1S/C18H20N4O2/c1-11(2)15-10-22(16-6-4-3-5-13(16)21-15)18(24)12-7-8-14(17(19)23)20-9-12/h3-9,11,15,21H,10H2,1-2H3,(H2,19,23). The number of para-hydroxylation sites is 2. The van der Waals surface area contributed by atoms with Crippen LogP contribution in [-0.2, 0) is 0 Å². The molecule has 6 nitrogen and oxygen atoms in total. The number of primary amides is 1. The molecule has 3 rings (SSSR count). The quantitative estimate of drug-likeness (QED) is 0.906. The number of carbonyl (C=O) groups is 2. The Labute approximate surface area is 140 Å². The van der Waals surface area contributed by atoms with Crippen molar-refractivity contribution in [2.75, 3.05) is 16.8 Å². The average molecular weight is 324 g/mol. The van der Waals surface area contributed by atoms with Crippen LogP contribution in [0, 0.1) is 5.92 Å². The van der Waals surface area contributed by atoms with Gasteiger partial charge >= 0.3 is 0 Å². The van der Waals surface area contributed by atoms with Gasteiger partial charge in [-0.2, -0.15) is 0 Å². The third-order valence-electron chi connectivity index (χ3n) is 4.23. The van der Waals surface area contributed by atoms with E-state index in [1.165, 1.54) is 12.3 Å². The van der Waals surface area contributed by atoms with Gasteiger partial charge in [-0.1, -0.05) is 26.0 Å². The van der Waals surface area contributed by atoms with E-state index in [0.29, 0.717) is 18.0 Å². The van der Waals surface area contributed by atoms with Crippen molar-refractivity contribution in [3.8, 4) is 0 Å². The Morgan fingerprint density at radius 2 is 2.00 bits per heavy atom. The molecule has 1 aliphatic rings. The summed E-state index contributed by atoms with van der Waals surface area (Å²) < 4.78 is 0. The van der Waals surface area contributed by atoms with Crippen molar-refractivity contribution in [2.45, 2.75) is 19.9 Å². The number of fused-ring (bicyclic) bond motifs is 1. The fraction of sp³-hybridized carbons (Fsp3) is 0.278. The lowest BCUT2D eigenvalue weighted by molar-refractivity contribution is 0.0975. The van der Waals surface area contributed by atoms with Crippen LogP contribution in [-0.4, -0.2) is 29.4 Å². The molecule has 3 N–H and O–H groups in total. The number of nitrogens with one attached hydrogen (secondary N) is 1. The Morgan fingerprint density at radius 3 is 2.62 bits per heavy atom. The molecule has 6 heteroatoms. The molecule has 0 aliphatic carbocycles. The number of rotatable bonds is 3. The molecule has 1 atom stereocenters. The molecule has 0 fully saturated rings. The second kappa shape index (κ2) is 6.31. The van der Waals surface area contributed by atoms with E-state index >= 15 is 0 Å². The maximum Gasteiger partial charge on any atom is 0.267 e. The number of hydrogen-bond donors (Lipinski definition) is 2. The molecule has 0 saturated heterocycles. The maximum absolute atomic E-state index is 13.0. The van der Waals surface area contributed by atoms with Crippen molar-refractivity contribution in [1.82, 2.24) is 4.98 Å². The van der Waals surface area contributed by atoms with E-state index in [1.807, 2.05) is 24.3 Å². The molecule has 1 aromatic carbocycles. The van der Waals surface area contributed by atoms with Crippen LogP contribution in [0.3, 0.4) is 0 Å². The Hall–Kier alpha value is -2.89. The van der Waals surface area contributed by atoms with Crippen LogP contribution in [0.15, 0.2) is 42.6 Å². The highest BCUT2D eigenvalue weighted by atomic mass is 16.2. The van der Waals surface area contributed by atoms with E-state index in [0.717, 1.165) is 11.4 Å². The first-order valence-corrected chi connectivity index (χ1v) is 7.90. The van der Waals surface area contributed by atoms with Crippen LogP contribution < -0.4 is 16.0 Å². The summed E-state index contributed by atoms with van der Waals surface area (Å²) in [6.45, 7) is 4.82. The molecule has 124 valence electrons. The molecule has 2 aromatic rings.